The number of phenols is 1. The zero-order valence-corrected chi connectivity index (χ0v) is 12.3. The van der Waals surface area contributed by atoms with Crippen LogP contribution >= 0.6 is 0 Å². The van der Waals surface area contributed by atoms with Gasteiger partial charge in [-0.3, -0.25) is 0 Å². The number of hydrogen-bond acceptors (Lipinski definition) is 3. The maximum Gasteiger partial charge on any atom is 0.235 e. The lowest BCUT2D eigenvalue weighted by Crippen LogP contribution is -2.33. The van der Waals surface area contributed by atoms with Crippen molar-refractivity contribution < 1.29 is 9.90 Å². The molecule has 0 atom stereocenters. The van der Waals surface area contributed by atoms with Crippen LogP contribution in [0.1, 0.15) is 59.9 Å². The van der Waals surface area contributed by atoms with Gasteiger partial charge in [-0.1, -0.05) is 0 Å². The molecule has 106 valence electrons. The molecule has 0 radical (unpaired) electrons. The lowest BCUT2D eigenvalue weighted by molar-refractivity contribution is 0.245. The fourth-order valence-electron chi connectivity index (χ4n) is 3.98. The molecule has 0 aromatic heterocycles. The molecule has 3 rings (SSSR count). The van der Waals surface area contributed by atoms with Crippen molar-refractivity contribution in [3.8, 4) is 5.75 Å². The summed E-state index contributed by atoms with van der Waals surface area (Å²) in [5.74, 6) is 0.363. The number of hydrogen-bond donors (Lipinski definition) is 1. The van der Waals surface area contributed by atoms with Gasteiger partial charge in [0.1, 0.15) is 11.3 Å². The van der Waals surface area contributed by atoms with Gasteiger partial charge >= 0.3 is 0 Å². The van der Waals surface area contributed by atoms with Crippen LogP contribution in [0, 0.1) is 13.8 Å². The predicted octanol–water partition coefficient (Wildman–Crippen LogP) is 3.60. The summed E-state index contributed by atoms with van der Waals surface area (Å²) in [6, 6.07) is 0. The molecular formula is C17H21NO2. The van der Waals surface area contributed by atoms with E-state index in [1.54, 1.807) is 6.08 Å². The highest BCUT2D eigenvalue weighted by Gasteiger charge is 2.43. The highest BCUT2D eigenvalue weighted by molar-refractivity contribution is 5.59. The fourth-order valence-corrected chi connectivity index (χ4v) is 3.98. The highest BCUT2D eigenvalue weighted by Crippen LogP contribution is 2.51. The summed E-state index contributed by atoms with van der Waals surface area (Å²) in [6.45, 7) is 4.08. The Kier molecular flexibility index (Phi) is 3.18. The number of benzene rings is 1. The van der Waals surface area contributed by atoms with E-state index in [0.29, 0.717) is 5.75 Å². The zero-order valence-electron chi connectivity index (χ0n) is 12.3. The molecule has 1 aromatic carbocycles. The minimum absolute atomic E-state index is 0.363. The largest absolute Gasteiger partial charge is 0.507 e. The molecule has 1 fully saturated rings. The molecule has 0 bridgehead atoms. The topological polar surface area (TPSA) is 49.7 Å². The smallest absolute Gasteiger partial charge is 0.235 e. The van der Waals surface area contributed by atoms with Crippen LogP contribution in [-0.2, 0) is 23.2 Å². The van der Waals surface area contributed by atoms with E-state index >= 15 is 0 Å². The molecular weight excluding hydrogens is 250 g/mol. The first-order valence-electron chi connectivity index (χ1n) is 7.54. The number of rotatable bonds is 2. The molecule has 0 amide bonds. The molecule has 3 nitrogen and oxygen atoms in total. The lowest BCUT2D eigenvalue weighted by atomic mass is 9.68. The summed E-state index contributed by atoms with van der Waals surface area (Å²) in [6.07, 6.45) is 9.01. The van der Waals surface area contributed by atoms with Gasteiger partial charge in [0.2, 0.25) is 6.08 Å². The van der Waals surface area contributed by atoms with E-state index in [1.807, 2.05) is 6.92 Å². The van der Waals surface area contributed by atoms with Crippen molar-refractivity contribution in [2.75, 3.05) is 0 Å². The maximum absolute atomic E-state index is 10.8. The van der Waals surface area contributed by atoms with Crippen molar-refractivity contribution in [1.82, 2.24) is 0 Å². The van der Waals surface area contributed by atoms with Crippen molar-refractivity contribution in [2.45, 2.75) is 64.3 Å². The summed E-state index contributed by atoms with van der Waals surface area (Å²) in [5, 5.41) is 10.7. The second-order valence-electron chi connectivity index (χ2n) is 6.23. The first-order chi connectivity index (χ1) is 9.60. The molecule has 20 heavy (non-hydrogen) atoms. The molecule has 3 heteroatoms. The third-order valence-electron chi connectivity index (χ3n) is 5.25. The van der Waals surface area contributed by atoms with Crippen LogP contribution in [0.25, 0.3) is 0 Å². The normalized spacial score (nSPS) is 19.7. The van der Waals surface area contributed by atoms with E-state index in [9.17, 15) is 9.90 Å². The summed E-state index contributed by atoms with van der Waals surface area (Å²) >= 11 is 0. The number of nitrogens with zero attached hydrogens (tertiary/aromatic N) is 1. The number of carbonyl (C=O) groups excluding carboxylic acids is 1. The van der Waals surface area contributed by atoms with Crippen molar-refractivity contribution in [2.24, 2.45) is 4.99 Å². The quantitative estimate of drug-likeness (QED) is 0.660. The summed E-state index contributed by atoms with van der Waals surface area (Å²) < 4.78 is 0. The Hall–Kier alpha value is -1.60. The van der Waals surface area contributed by atoms with Gasteiger partial charge in [0.15, 0.2) is 0 Å². The number of fused-ring (bicyclic) bond motifs is 1. The molecule has 2 aliphatic rings. The maximum atomic E-state index is 10.8. The number of isocyanates is 1. The SMILES string of the molecule is Cc1c(O)c(C2(N=C=O)CCC2)c(C)c2c1CCCC2. The van der Waals surface area contributed by atoms with Gasteiger partial charge in [-0.25, -0.2) is 4.79 Å². The molecule has 0 unspecified atom stereocenters. The Balaban J connectivity index is 2.26. The van der Waals surface area contributed by atoms with E-state index in [-0.39, 0.29) is 0 Å². The van der Waals surface area contributed by atoms with E-state index < -0.39 is 5.54 Å². The van der Waals surface area contributed by atoms with Crippen LogP contribution in [0.3, 0.4) is 0 Å². The van der Waals surface area contributed by atoms with E-state index in [1.165, 1.54) is 24.0 Å². The van der Waals surface area contributed by atoms with Crippen LogP contribution in [0.4, 0.5) is 0 Å². The third-order valence-corrected chi connectivity index (χ3v) is 5.25. The predicted molar refractivity (Wildman–Crippen MR) is 77.9 cm³/mol. The van der Waals surface area contributed by atoms with E-state index in [2.05, 4.69) is 11.9 Å². The number of aromatic hydroxyl groups is 1. The van der Waals surface area contributed by atoms with Gasteiger partial charge in [-0.2, -0.15) is 4.99 Å². The second kappa shape index (κ2) is 4.75. The Morgan fingerprint density at radius 3 is 2.15 bits per heavy atom. The number of aliphatic imine (C=N–C) groups is 1. The minimum Gasteiger partial charge on any atom is -0.507 e. The van der Waals surface area contributed by atoms with Crippen LogP contribution in [0.15, 0.2) is 4.99 Å². The van der Waals surface area contributed by atoms with Crippen molar-refractivity contribution in [3.63, 3.8) is 0 Å². The molecule has 1 aromatic rings. The Morgan fingerprint density at radius 1 is 1.05 bits per heavy atom. The van der Waals surface area contributed by atoms with Gasteiger partial charge in [0, 0.05) is 5.56 Å². The van der Waals surface area contributed by atoms with Gasteiger partial charge < -0.3 is 5.11 Å². The van der Waals surface area contributed by atoms with Crippen molar-refractivity contribution in [1.29, 1.82) is 0 Å². The Bertz CT molecular complexity index is 608. The minimum atomic E-state index is -0.507. The van der Waals surface area contributed by atoms with E-state index in [4.69, 9.17) is 0 Å². The monoisotopic (exact) mass is 271 g/mol. The molecule has 0 aliphatic heterocycles. The summed E-state index contributed by atoms with van der Waals surface area (Å²) in [4.78, 5) is 14.9. The van der Waals surface area contributed by atoms with E-state index in [0.717, 1.165) is 48.8 Å². The van der Waals surface area contributed by atoms with Crippen molar-refractivity contribution >= 4 is 6.08 Å². The number of phenolic OH excluding ortho intramolecular Hbond substituents is 1. The first-order valence-corrected chi connectivity index (χ1v) is 7.54. The molecule has 1 saturated carbocycles. The third kappa shape index (κ3) is 1.73. The van der Waals surface area contributed by atoms with Crippen LogP contribution in [-0.4, -0.2) is 11.2 Å². The molecule has 0 spiro atoms. The lowest BCUT2D eigenvalue weighted by Gasteiger charge is -2.40. The average Bonchev–Trinajstić information content (AvgIpc) is 2.42. The average molecular weight is 271 g/mol. The molecule has 0 heterocycles. The molecule has 0 saturated heterocycles. The molecule has 2 aliphatic carbocycles. The Morgan fingerprint density at radius 2 is 1.65 bits per heavy atom. The van der Waals surface area contributed by atoms with Gasteiger partial charge in [-0.15, -0.1) is 0 Å². The fraction of sp³-hybridized carbons (Fsp3) is 0.588. The van der Waals surface area contributed by atoms with Crippen LogP contribution < -0.4 is 0 Å². The van der Waals surface area contributed by atoms with Gasteiger partial charge in [0.05, 0.1) is 0 Å². The first kappa shape index (κ1) is 13.4. The Labute approximate surface area is 119 Å². The van der Waals surface area contributed by atoms with Gasteiger partial charge in [-0.05, 0) is 81.0 Å². The van der Waals surface area contributed by atoms with Crippen molar-refractivity contribution in [3.05, 3.63) is 27.8 Å². The van der Waals surface area contributed by atoms with Crippen LogP contribution in [0.5, 0.6) is 5.75 Å². The highest BCUT2D eigenvalue weighted by atomic mass is 16.3. The van der Waals surface area contributed by atoms with Gasteiger partial charge in [0.25, 0.3) is 0 Å². The second-order valence-corrected chi connectivity index (χ2v) is 6.23. The standard InChI is InChI=1S/C17H21NO2/c1-11-13-6-3-4-7-14(13)12(2)16(20)15(11)17(18-10-19)8-5-9-17/h20H,3-9H2,1-2H3. The zero-order chi connectivity index (χ0) is 14.3. The van der Waals surface area contributed by atoms with Crippen LogP contribution in [0.2, 0.25) is 0 Å². The summed E-state index contributed by atoms with van der Waals surface area (Å²) in [7, 11) is 0. The summed E-state index contributed by atoms with van der Waals surface area (Å²) in [5.41, 5.74) is 5.24. The molecule has 1 N–H and O–H groups in total.